The second-order valence-electron chi connectivity index (χ2n) is 5.33. The molecule has 2 aromatic carbocycles. The van der Waals surface area contributed by atoms with Gasteiger partial charge in [-0.2, -0.15) is 0 Å². The fraction of sp³-hybridized carbons (Fsp3) is 0.250. The number of carbonyl (C=O) groups is 1. The summed E-state index contributed by atoms with van der Waals surface area (Å²) >= 11 is 0. The maximum Gasteiger partial charge on any atom is 0.185 e. The minimum Gasteiger partial charge on any atom is -0.372 e. The van der Waals surface area contributed by atoms with E-state index in [9.17, 15) is 4.79 Å². The molecule has 0 heterocycles. The summed E-state index contributed by atoms with van der Waals surface area (Å²) in [6.45, 7) is 8.31. The highest BCUT2D eigenvalue weighted by atomic mass is 16.1. The van der Waals surface area contributed by atoms with Crippen molar-refractivity contribution >= 4 is 17.5 Å². The zero-order valence-corrected chi connectivity index (χ0v) is 13.5. The molecular weight excluding hydrogens is 270 g/mol. The maximum atomic E-state index is 12.1. The largest absolute Gasteiger partial charge is 0.372 e. The molecule has 0 unspecified atom stereocenters. The number of aryl methyl sites for hydroxylation is 1. The molecule has 0 aliphatic rings. The SMILES string of the molecule is CCN(CC)c1ccc(C=CC(=O)c2ccc(C)cc2)cc1. The van der Waals surface area contributed by atoms with E-state index < -0.39 is 0 Å². The summed E-state index contributed by atoms with van der Waals surface area (Å²) in [5.74, 6) is 0.0350. The van der Waals surface area contributed by atoms with Crippen molar-refractivity contribution in [2.75, 3.05) is 18.0 Å². The van der Waals surface area contributed by atoms with Gasteiger partial charge in [-0.15, -0.1) is 0 Å². The molecule has 2 rings (SSSR count). The van der Waals surface area contributed by atoms with Crippen LogP contribution in [-0.2, 0) is 0 Å². The third kappa shape index (κ3) is 4.08. The Balaban J connectivity index is 2.06. The Morgan fingerprint density at radius 1 is 0.955 bits per heavy atom. The van der Waals surface area contributed by atoms with Crippen LogP contribution in [0.25, 0.3) is 6.08 Å². The van der Waals surface area contributed by atoms with Gasteiger partial charge in [0.2, 0.25) is 0 Å². The molecule has 0 bridgehead atoms. The van der Waals surface area contributed by atoms with Crippen LogP contribution in [0.1, 0.15) is 35.3 Å². The van der Waals surface area contributed by atoms with Crippen LogP contribution < -0.4 is 4.90 Å². The molecule has 0 aromatic heterocycles. The number of hydrogen-bond donors (Lipinski definition) is 0. The molecule has 22 heavy (non-hydrogen) atoms. The number of ketones is 1. The Morgan fingerprint density at radius 3 is 2.09 bits per heavy atom. The Bertz CT molecular complexity index is 634. The molecule has 114 valence electrons. The first-order valence-electron chi connectivity index (χ1n) is 7.78. The Morgan fingerprint density at radius 2 is 1.55 bits per heavy atom. The van der Waals surface area contributed by atoms with Crippen molar-refractivity contribution in [3.8, 4) is 0 Å². The lowest BCUT2D eigenvalue weighted by Crippen LogP contribution is -2.21. The molecule has 2 nitrogen and oxygen atoms in total. The molecule has 0 atom stereocenters. The number of anilines is 1. The topological polar surface area (TPSA) is 20.3 Å². The average Bonchev–Trinajstić information content (AvgIpc) is 2.55. The number of hydrogen-bond acceptors (Lipinski definition) is 2. The predicted octanol–water partition coefficient (Wildman–Crippen LogP) is 4.74. The van der Waals surface area contributed by atoms with Crippen molar-refractivity contribution < 1.29 is 4.79 Å². The van der Waals surface area contributed by atoms with Crippen molar-refractivity contribution in [1.29, 1.82) is 0 Å². The summed E-state index contributed by atoms with van der Waals surface area (Å²) in [4.78, 5) is 14.4. The molecular formula is C20H23NO. The summed E-state index contributed by atoms with van der Waals surface area (Å²) in [7, 11) is 0. The lowest BCUT2D eigenvalue weighted by atomic mass is 10.1. The molecule has 0 saturated carbocycles. The molecule has 0 aliphatic heterocycles. The minimum atomic E-state index is 0.0350. The molecule has 0 radical (unpaired) electrons. The third-order valence-corrected chi connectivity index (χ3v) is 3.78. The first kappa shape index (κ1) is 16.0. The highest BCUT2D eigenvalue weighted by Gasteiger charge is 2.02. The van der Waals surface area contributed by atoms with Crippen molar-refractivity contribution in [3.63, 3.8) is 0 Å². The van der Waals surface area contributed by atoms with Crippen molar-refractivity contribution in [1.82, 2.24) is 0 Å². The van der Waals surface area contributed by atoms with Crippen LogP contribution in [0.2, 0.25) is 0 Å². The zero-order valence-electron chi connectivity index (χ0n) is 13.5. The number of nitrogens with zero attached hydrogens (tertiary/aromatic N) is 1. The molecule has 0 fully saturated rings. The molecule has 0 N–H and O–H groups in total. The average molecular weight is 293 g/mol. The van der Waals surface area contributed by atoms with Crippen LogP contribution in [0.3, 0.4) is 0 Å². The summed E-state index contributed by atoms with van der Waals surface area (Å²) in [6, 6.07) is 15.9. The Kier molecular flexibility index (Phi) is 5.54. The first-order chi connectivity index (χ1) is 10.6. The summed E-state index contributed by atoms with van der Waals surface area (Å²) < 4.78 is 0. The van der Waals surface area contributed by atoms with E-state index in [1.54, 1.807) is 6.08 Å². The lowest BCUT2D eigenvalue weighted by molar-refractivity contribution is 0.104. The van der Waals surface area contributed by atoms with Crippen LogP contribution in [0, 0.1) is 6.92 Å². The first-order valence-corrected chi connectivity index (χ1v) is 7.78. The fourth-order valence-electron chi connectivity index (χ4n) is 2.37. The van der Waals surface area contributed by atoms with Gasteiger partial charge in [-0.05, 0) is 44.5 Å². The number of rotatable bonds is 6. The van der Waals surface area contributed by atoms with Crippen LogP contribution in [0.4, 0.5) is 5.69 Å². The number of benzene rings is 2. The fourth-order valence-corrected chi connectivity index (χ4v) is 2.37. The van der Waals surface area contributed by atoms with E-state index in [1.165, 1.54) is 5.69 Å². The monoisotopic (exact) mass is 293 g/mol. The maximum absolute atomic E-state index is 12.1. The van der Waals surface area contributed by atoms with Crippen LogP contribution >= 0.6 is 0 Å². The van der Waals surface area contributed by atoms with Gasteiger partial charge >= 0.3 is 0 Å². The van der Waals surface area contributed by atoms with Crippen LogP contribution in [0.5, 0.6) is 0 Å². The van der Waals surface area contributed by atoms with E-state index in [2.05, 4.69) is 30.9 Å². The van der Waals surface area contributed by atoms with Gasteiger partial charge in [-0.25, -0.2) is 0 Å². The Labute approximate surface area is 133 Å². The van der Waals surface area contributed by atoms with Crippen LogP contribution in [0.15, 0.2) is 54.6 Å². The van der Waals surface area contributed by atoms with Crippen LogP contribution in [-0.4, -0.2) is 18.9 Å². The standard InChI is InChI=1S/C20H23NO/c1-4-21(5-2)19-13-8-17(9-14-19)10-15-20(22)18-11-6-16(3)7-12-18/h6-15H,4-5H2,1-3H3. The number of carbonyl (C=O) groups excluding carboxylic acids is 1. The van der Waals surface area contributed by atoms with E-state index in [1.807, 2.05) is 49.4 Å². The van der Waals surface area contributed by atoms with E-state index in [0.717, 1.165) is 29.8 Å². The van der Waals surface area contributed by atoms with Crippen molar-refractivity contribution in [2.24, 2.45) is 0 Å². The van der Waals surface area contributed by atoms with Gasteiger partial charge in [-0.3, -0.25) is 4.79 Å². The normalized spacial score (nSPS) is 10.9. The van der Waals surface area contributed by atoms with Crippen molar-refractivity contribution in [3.05, 3.63) is 71.3 Å². The molecule has 0 amide bonds. The van der Waals surface area contributed by atoms with Gasteiger partial charge in [0.1, 0.15) is 0 Å². The molecule has 2 heteroatoms. The third-order valence-electron chi connectivity index (χ3n) is 3.78. The van der Waals surface area contributed by atoms with Gasteiger partial charge < -0.3 is 4.90 Å². The minimum absolute atomic E-state index is 0.0350. The van der Waals surface area contributed by atoms with E-state index in [4.69, 9.17) is 0 Å². The molecule has 0 aliphatic carbocycles. The molecule has 2 aromatic rings. The molecule has 0 saturated heterocycles. The predicted molar refractivity (Wildman–Crippen MR) is 94.5 cm³/mol. The quantitative estimate of drug-likeness (QED) is 0.566. The van der Waals surface area contributed by atoms with E-state index in [-0.39, 0.29) is 5.78 Å². The highest BCUT2D eigenvalue weighted by Crippen LogP contribution is 2.16. The highest BCUT2D eigenvalue weighted by molar-refractivity contribution is 6.06. The van der Waals surface area contributed by atoms with Gasteiger partial charge in [0.15, 0.2) is 5.78 Å². The van der Waals surface area contributed by atoms with Gasteiger partial charge in [0.05, 0.1) is 0 Å². The van der Waals surface area contributed by atoms with Gasteiger partial charge in [0.25, 0.3) is 0 Å². The number of allylic oxidation sites excluding steroid dienone is 1. The zero-order chi connectivity index (χ0) is 15.9. The Hall–Kier alpha value is -2.35. The second-order valence-corrected chi connectivity index (χ2v) is 5.33. The smallest absolute Gasteiger partial charge is 0.185 e. The summed E-state index contributed by atoms with van der Waals surface area (Å²) in [5, 5.41) is 0. The van der Waals surface area contributed by atoms with E-state index in [0.29, 0.717) is 0 Å². The van der Waals surface area contributed by atoms with E-state index >= 15 is 0 Å². The second kappa shape index (κ2) is 7.60. The summed E-state index contributed by atoms with van der Waals surface area (Å²) in [5.41, 5.74) is 4.14. The van der Waals surface area contributed by atoms with Crippen molar-refractivity contribution in [2.45, 2.75) is 20.8 Å². The summed E-state index contributed by atoms with van der Waals surface area (Å²) in [6.07, 6.45) is 3.51. The van der Waals surface area contributed by atoms with Gasteiger partial charge in [0, 0.05) is 24.3 Å². The lowest BCUT2D eigenvalue weighted by Gasteiger charge is -2.20. The molecule has 0 spiro atoms. The van der Waals surface area contributed by atoms with Gasteiger partial charge in [-0.1, -0.05) is 48.0 Å².